The van der Waals surface area contributed by atoms with Crippen LogP contribution in [0.25, 0.3) is 0 Å². The molecule has 0 bridgehead atoms. The topological polar surface area (TPSA) is 78.9 Å². The van der Waals surface area contributed by atoms with E-state index >= 15 is 0 Å². The molecule has 1 unspecified atom stereocenters. The van der Waals surface area contributed by atoms with Crippen LogP contribution in [0, 0.1) is 0 Å². The first-order valence-corrected chi connectivity index (χ1v) is 34.3. The van der Waals surface area contributed by atoms with E-state index < -0.39 is 6.10 Å². The Bertz CT molecular complexity index is 1230. The summed E-state index contributed by atoms with van der Waals surface area (Å²) in [6.07, 6.45) is 79.1. The summed E-state index contributed by atoms with van der Waals surface area (Å²) < 4.78 is 17.0. The molecule has 0 heterocycles. The van der Waals surface area contributed by atoms with Gasteiger partial charge in [-0.15, -0.1) is 0 Å². The quantitative estimate of drug-likeness (QED) is 0.0261. The first-order chi connectivity index (χ1) is 37.5. The van der Waals surface area contributed by atoms with Crippen LogP contribution in [0.15, 0.2) is 24.3 Å². The number of hydrogen-bond acceptors (Lipinski definition) is 6. The lowest BCUT2D eigenvalue weighted by Gasteiger charge is -2.18. The van der Waals surface area contributed by atoms with Crippen molar-refractivity contribution in [1.82, 2.24) is 0 Å². The summed E-state index contributed by atoms with van der Waals surface area (Å²) in [5, 5.41) is 0. The van der Waals surface area contributed by atoms with E-state index in [2.05, 4.69) is 45.1 Å². The number of esters is 3. The van der Waals surface area contributed by atoms with Crippen LogP contribution >= 0.6 is 0 Å². The average Bonchev–Trinajstić information content (AvgIpc) is 3.42. The first kappa shape index (κ1) is 73.9. The highest BCUT2D eigenvalue weighted by Crippen LogP contribution is 2.18. The SMILES string of the molecule is CCCCCCC/C=C\C/C=C\CCCCCCCCCCCCCCCCCC(=O)OCC(COC(=O)CCCCCCCCCCCCCCCC)OC(=O)CCCCCCCCCCCCCCCCCCC. The lowest BCUT2D eigenvalue weighted by molar-refractivity contribution is -0.167. The smallest absolute Gasteiger partial charge is 0.306 e. The molecule has 0 aromatic carbocycles. The van der Waals surface area contributed by atoms with E-state index in [-0.39, 0.29) is 31.1 Å². The van der Waals surface area contributed by atoms with Crippen LogP contribution in [0.5, 0.6) is 0 Å². The Kier molecular flexibility index (Phi) is 63.6. The van der Waals surface area contributed by atoms with E-state index in [9.17, 15) is 14.4 Å². The zero-order valence-corrected chi connectivity index (χ0v) is 51.6. The minimum atomic E-state index is -0.766. The van der Waals surface area contributed by atoms with Crippen molar-refractivity contribution in [1.29, 1.82) is 0 Å². The van der Waals surface area contributed by atoms with Crippen LogP contribution in [0.4, 0.5) is 0 Å². The summed E-state index contributed by atoms with van der Waals surface area (Å²) >= 11 is 0. The number of carbonyl (C=O) groups excluding carboxylic acids is 3. The van der Waals surface area contributed by atoms with E-state index in [1.165, 1.54) is 283 Å². The van der Waals surface area contributed by atoms with Gasteiger partial charge in [-0.3, -0.25) is 14.4 Å². The molecule has 0 aromatic heterocycles. The zero-order valence-electron chi connectivity index (χ0n) is 51.6. The van der Waals surface area contributed by atoms with Gasteiger partial charge in [0.25, 0.3) is 0 Å². The van der Waals surface area contributed by atoms with Gasteiger partial charge >= 0.3 is 17.9 Å². The second kappa shape index (κ2) is 65.4. The van der Waals surface area contributed by atoms with Gasteiger partial charge < -0.3 is 14.2 Å². The molecular formula is C70H132O6. The second-order valence-corrected chi connectivity index (χ2v) is 23.5. The Labute approximate surface area is 474 Å². The molecule has 0 aliphatic rings. The predicted octanol–water partition coefficient (Wildman–Crippen LogP) is 23.4. The summed E-state index contributed by atoms with van der Waals surface area (Å²) in [7, 11) is 0. The summed E-state index contributed by atoms with van der Waals surface area (Å²) in [6, 6.07) is 0. The van der Waals surface area contributed by atoms with Gasteiger partial charge in [-0.05, 0) is 51.4 Å². The summed E-state index contributed by atoms with van der Waals surface area (Å²) in [5.74, 6) is -0.831. The van der Waals surface area contributed by atoms with E-state index in [0.717, 1.165) is 64.2 Å². The van der Waals surface area contributed by atoms with E-state index in [4.69, 9.17) is 14.2 Å². The van der Waals surface area contributed by atoms with Crippen LogP contribution < -0.4 is 0 Å². The normalized spacial score (nSPS) is 12.1. The van der Waals surface area contributed by atoms with Crippen molar-refractivity contribution < 1.29 is 28.6 Å². The van der Waals surface area contributed by atoms with Crippen molar-refractivity contribution in [3.05, 3.63) is 24.3 Å². The molecule has 6 nitrogen and oxygen atoms in total. The summed E-state index contributed by atoms with van der Waals surface area (Å²) in [5.41, 5.74) is 0. The molecule has 0 rings (SSSR count). The van der Waals surface area contributed by atoms with Gasteiger partial charge in [-0.2, -0.15) is 0 Å². The molecule has 0 aromatic rings. The van der Waals surface area contributed by atoms with Gasteiger partial charge in [0.15, 0.2) is 6.10 Å². The Morgan fingerprint density at radius 2 is 0.474 bits per heavy atom. The van der Waals surface area contributed by atoms with Crippen LogP contribution in [-0.2, 0) is 28.6 Å². The van der Waals surface area contributed by atoms with Crippen LogP contribution in [0.2, 0.25) is 0 Å². The molecule has 0 aliphatic heterocycles. The minimum absolute atomic E-state index is 0.0637. The van der Waals surface area contributed by atoms with Gasteiger partial charge in [0, 0.05) is 19.3 Å². The molecule has 0 N–H and O–H groups in total. The fraction of sp³-hybridized carbons (Fsp3) is 0.900. The number of hydrogen-bond donors (Lipinski definition) is 0. The largest absolute Gasteiger partial charge is 0.462 e. The Morgan fingerprint density at radius 3 is 0.724 bits per heavy atom. The third-order valence-electron chi connectivity index (χ3n) is 15.7. The molecule has 448 valence electrons. The molecule has 6 heteroatoms. The van der Waals surface area contributed by atoms with Crippen molar-refractivity contribution in [3.8, 4) is 0 Å². The van der Waals surface area contributed by atoms with E-state index in [1.54, 1.807) is 0 Å². The molecular weight excluding hydrogens is 937 g/mol. The molecule has 1 atom stereocenters. The highest BCUT2D eigenvalue weighted by Gasteiger charge is 2.19. The maximum absolute atomic E-state index is 12.9. The van der Waals surface area contributed by atoms with E-state index in [1.807, 2.05) is 0 Å². The predicted molar refractivity (Wildman–Crippen MR) is 330 cm³/mol. The molecule has 0 radical (unpaired) electrons. The van der Waals surface area contributed by atoms with Crippen molar-refractivity contribution in [2.24, 2.45) is 0 Å². The van der Waals surface area contributed by atoms with Gasteiger partial charge in [0.2, 0.25) is 0 Å². The highest BCUT2D eigenvalue weighted by atomic mass is 16.6. The number of ether oxygens (including phenoxy) is 3. The van der Waals surface area contributed by atoms with Crippen molar-refractivity contribution in [3.63, 3.8) is 0 Å². The van der Waals surface area contributed by atoms with Crippen LogP contribution in [-0.4, -0.2) is 37.2 Å². The number of carbonyl (C=O) groups is 3. The minimum Gasteiger partial charge on any atom is -0.462 e. The van der Waals surface area contributed by atoms with Gasteiger partial charge in [0.1, 0.15) is 13.2 Å². The molecule has 0 fully saturated rings. The Hall–Kier alpha value is -2.11. The Morgan fingerprint density at radius 1 is 0.263 bits per heavy atom. The summed E-state index contributed by atoms with van der Waals surface area (Å²) in [4.78, 5) is 38.4. The third-order valence-corrected chi connectivity index (χ3v) is 15.7. The fourth-order valence-electron chi connectivity index (χ4n) is 10.5. The maximum Gasteiger partial charge on any atom is 0.306 e. The third kappa shape index (κ3) is 62.7. The van der Waals surface area contributed by atoms with Crippen LogP contribution in [0.3, 0.4) is 0 Å². The lowest BCUT2D eigenvalue weighted by Crippen LogP contribution is -2.30. The van der Waals surface area contributed by atoms with Gasteiger partial charge in [-0.25, -0.2) is 0 Å². The maximum atomic E-state index is 12.9. The fourth-order valence-corrected chi connectivity index (χ4v) is 10.5. The molecule has 0 saturated heterocycles. The Balaban J connectivity index is 4.20. The number of rotatable bonds is 64. The highest BCUT2D eigenvalue weighted by molar-refractivity contribution is 5.71. The zero-order chi connectivity index (χ0) is 55.0. The second-order valence-electron chi connectivity index (χ2n) is 23.5. The first-order valence-electron chi connectivity index (χ1n) is 34.3. The van der Waals surface area contributed by atoms with E-state index in [0.29, 0.717) is 19.3 Å². The molecule has 0 aliphatic carbocycles. The molecule has 0 amide bonds. The average molecular weight is 1070 g/mol. The number of allylic oxidation sites excluding steroid dienone is 4. The molecule has 0 spiro atoms. The standard InChI is InChI=1S/C70H132O6/c1-4-7-10-13-16-19-22-25-28-30-31-32-33-34-35-36-37-38-39-41-42-45-48-51-54-57-60-63-69(72)75-66-67(65-74-68(71)62-59-56-53-50-47-44-27-24-21-18-15-12-9-6-3)76-70(73)64-61-58-55-52-49-46-43-40-29-26-23-20-17-14-11-8-5-2/h22,25,30-31,67H,4-21,23-24,26-29,32-66H2,1-3H3/b25-22-,31-30-. The molecule has 0 saturated carbocycles. The van der Waals surface area contributed by atoms with Gasteiger partial charge in [0.05, 0.1) is 0 Å². The summed E-state index contributed by atoms with van der Waals surface area (Å²) in [6.45, 7) is 6.71. The van der Waals surface area contributed by atoms with Crippen molar-refractivity contribution >= 4 is 17.9 Å². The molecule has 76 heavy (non-hydrogen) atoms. The number of unbranched alkanes of at least 4 members (excludes halogenated alkanes) is 49. The van der Waals surface area contributed by atoms with Crippen molar-refractivity contribution in [2.45, 2.75) is 393 Å². The van der Waals surface area contributed by atoms with Crippen LogP contribution in [0.1, 0.15) is 387 Å². The monoisotopic (exact) mass is 1070 g/mol. The van der Waals surface area contributed by atoms with Crippen molar-refractivity contribution in [2.75, 3.05) is 13.2 Å². The lowest BCUT2D eigenvalue weighted by atomic mass is 10.0. The van der Waals surface area contributed by atoms with Gasteiger partial charge in [-0.1, -0.05) is 340 Å².